The number of esters is 1. The fourth-order valence-corrected chi connectivity index (χ4v) is 5.42. The molecule has 1 unspecified atom stereocenters. The van der Waals surface area contributed by atoms with Crippen LogP contribution in [-0.4, -0.2) is 41.0 Å². The molecule has 4 rings (SSSR count). The van der Waals surface area contributed by atoms with Gasteiger partial charge in [-0.2, -0.15) is 0 Å². The number of nitrogens with zero attached hydrogens (tertiary/aromatic N) is 3. The van der Waals surface area contributed by atoms with Gasteiger partial charge in [0.2, 0.25) is 0 Å². The van der Waals surface area contributed by atoms with Crippen molar-refractivity contribution >= 4 is 50.6 Å². The van der Waals surface area contributed by atoms with Crippen molar-refractivity contribution in [2.45, 2.75) is 46.3 Å². The van der Waals surface area contributed by atoms with Gasteiger partial charge in [0, 0.05) is 22.8 Å². The highest BCUT2D eigenvalue weighted by atomic mass is 32.1. The quantitative estimate of drug-likeness (QED) is 0.565. The number of anilines is 1. The van der Waals surface area contributed by atoms with Gasteiger partial charge >= 0.3 is 5.97 Å². The van der Waals surface area contributed by atoms with E-state index in [4.69, 9.17) is 4.74 Å². The summed E-state index contributed by atoms with van der Waals surface area (Å²) in [6, 6.07) is 3.90. The number of carbonyl (C=O) groups excluding carboxylic acids is 2. The Morgan fingerprint density at radius 2 is 2.06 bits per heavy atom. The molecule has 9 heteroatoms. The number of amides is 1. The number of carbonyl (C=O) groups is 2. The summed E-state index contributed by atoms with van der Waals surface area (Å²) in [6.45, 7) is 7.72. The topological polar surface area (TPSA) is 84.4 Å². The molecule has 1 N–H and O–H groups in total. The fourth-order valence-electron chi connectivity index (χ4n) is 3.79. The third-order valence-corrected chi connectivity index (χ3v) is 7.74. The molecule has 0 saturated carbocycles. The molecular weight excluding hydrogens is 432 g/mol. The number of thiophene rings is 2. The van der Waals surface area contributed by atoms with E-state index in [0.717, 1.165) is 34.0 Å². The SMILES string of the molecule is Cc1sc2ncnc(N3CCC(C(=O)OC(C)C(=O)NCc4cccs4)CC3)c2c1C. The molecule has 0 aromatic carbocycles. The minimum atomic E-state index is -0.802. The molecule has 1 aliphatic heterocycles. The van der Waals surface area contributed by atoms with E-state index in [1.165, 1.54) is 10.4 Å². The first kappa shape index (κ1) is 21.7. The van der Waals surface area contributed by atoms with Crippen molar-refractivity contribution in [1.29, 1.82) is 0 Å². The second-order valence-corrected chi connectivity index (χ2v) is 10.0. The second-order valence-electron chi connectivity index (χ2n) is 7.80. The molecule has 164 valence electrons. The van der Waals surface area contributed by atoms with Crippen molar-refractivity contribution in [3.05, 3.63) is 39.2 Å². The largest absolute Gasteiger partial charge is 0.452 e. The van der Waals surface area contributed by atoms with Crippen LogP contribution in [0.3, 0.4) is 0 Å². The van der Waals surface area contributed by atoms with E-state index >= 15 is 0 Å². The molecule has 1 amide bonds. The van der Waals surface area contributed by atoms with Crippen LogP contribution in [0.25, 0.3) is 10.2 Å². The molecule has 3 aromatic rings. The Labute approximate surface area is 189 Å². The Morgan fingerprint density at radius 1 is 1.29 bits per heavy atom. The van der Waals surface area contributed by atoms with E-state index in [1.807, 2.05) is 17.5 Å². The molecule has 1 saturated heterocycles. The number of aryl methyl sites for hydroxylation is 2. The Hall–Kier alpha value is -2.52. The lowest BCUT2D eigenvalue weighted by Crippen LogP contribution is -2.40. The molecular formula is C22H26N4O3S2. The summed E-state index contributed by atoms with van der Waals surface area (Å²) in [6.07, 6.45) is 2.17. The lowest BCUT2D eigenvalue weighted by atomic mass is 9.96. The van der Waals surface area contributed by atoms with Crippen LogP contribution >= 0.6 is 22.7 Å². The van der Waals surface area contributed by atoms with Gasteiger partial charge in [-0.05, 0) is 50.6 Å². The maximum absolute atomic E-state index is 12.6. The summed E-state index contributed by atoms with van der Waals surface area (Å²) in [5.74, 6) is 0.172. The number of ether oxygens (including phenoxy) is 1. The minimum Gasteiger partial charge on any atom is -0.452 e. The Morgan fingerprint density at radius 3 is 2.77 bits per heavy atom. The lowest BCUT2D eigenvalue weighted by Gasteiger charge is -2.32. The molecule has 0 aliphatic carbocycles. The lowest BCUT2D eigenvalue weighted by molar-refractivity contribution is -0.159. The number of piperidine rings is 1. The number of hydrogen-bond donors (Lipinski definition) is 1. The van der Waals surface area contributed by atoms with Crippen molar-refractivity contribution < 1.29 is 14.3 Å². The Balaban J connectivity index is 1.31. The molecule has 4 heterocycles. The monoisotopic (exact) mass is 458 g/mol. The molecule has 0 radical (unpaired) electrons. The van der Waals surface area contributed by atoms with Crippen molar-refractivity contribution in [2.24, 2.45) is 5.92 Å². The van der Waals surface area contributed by atoms with Gasteiger partial charge in [-0.1, -0.05) is 6.07 Å². The number of rotatable bonds is 6. The normalized spacial score (nSPS) is 15.8. The Bertz CT molecular complexity index is 1070. The zero-order valence-electron chi connectivity index (χ0n) is 17.9. The van der Waals surface area contributed by atoms with Crippen molar-refractivity contribution in [2.75, 3.05) is 18.0 Å². The molecule has 7 nitrogen and oxygen atoms in total. The van der Waals surface area contributed by atoms with Crippen LogP contribution < -0.4 is 10.2 Å². The van der Waals surface area contributed by atoms with E-state index in [1.54, 1.807) is 35.9 Å². The minimum absolute atomic E-state index is 0.202. The van der Waals surface area contributed by atoms with E-state index in [9.17, 15) is 9.59 Å². The number of aromatic nitrogens is 2. The summed E-state index contributed by atoms with van der Waals surface area (Å²) in [5.41, 5.74) is 1.22. The van der Waals surface area contributed by atoms with Gasteiger partial charge in [-0.3, -0.25) is 9.59 Å². The van der Waals surface area contributed by atoms with Gasteiger partial charge in [0.15, 0.2) is 6.10 Å². The maximum Gasteiger partial charge on any atom is 0.309 e. The van der Waals surface area contributed by atoms with Gasteiger partial charge in [0.05, 0.1) is 17.8 Å². The first-order valence-corrected chi connectivity index (χ1v) is 12.1. The molecule has 1 aliphatic rings. The summed E-state index contributed by atoms with van der Waals surface area (Å²) in [7, 11) is 0. The van der Waals surface area contributed by atoms with E-state index < -0.39 is 6.10 Å². The van der Waals surface area contributed by atoms with Gasteiger partial charge in [-0.15, -0.1) is 22.7 Å². The van der Waals surface area contributed by atoms with Crippen LogP contribution in [0.4, 0.5) is 5.82 Å². The van der Waals surface area contributed by atoms with E-state index in [2.05, 4.69) is 34.0 Å². The third-order valence-electron chi connectivity index (χ3n) is 5.75. The third kappa shape index (κ3) is 4.72. The van der Waals surface area contributed by atoms with Crippen LogP contribution in [0.5, 0.6) is 0 Å². The van der Waals surface area contributed by atoms with Crippen LogP contribution in [0.1, 0.15) is 35.1 Å². The predicted molar refractivity (Wildman–Crippen MR) is 124 cm³/mol. The maximum atomic E-state index is 12.6. The highest BCUT2D eigenvalue weighted by Gasteiger charge is 2.30. The van der Waals surface area contributed by atoms with Crippen LogP contribution in [0.15, 0.2) is 23.8 Å². The smallest absolute Gasteiger partial charge is 0.309 e. The average molecular weight is 459 g/mol. The van der Waals surface area contributed by atoms with Gasteiger partial charge in [0.1, 0.15) is 17.0 Å². The molecule has 31 heavy (non-hydrogen) atoms. The highest BCUT2D eigenvalue weighted by molar-refractivity contribution is 7.18. The van der Waals surface area contributed by atoms with Crippen molar-refractivity contribution in [1.82, 2.24) is 15.3 Å². The molecule has 1 atom stereocenters. The molecule has 0 bridgehead atoms. The second kappa shape index (κ2) is 9.32. The van der Waals surface area contributed by atoms with E-state index in [0.29, 0.717) is 19.4 Å². The fraction of sp³-hybridized carbons (Fsp3) is 0.455. The molecule has 3 aromatic heterocycles. The summed E-state index contributed by atoms with van der Waals surface area (Å²) in [4.78, 5) is 39.4. The number of nitrogens with one attached hydrogen (secondary N) is 1. The molecule has 1 fully saturated rings. The average Bonchev–Trinajstić information content (AvgIpc) is 3.40. The van der Waals surface area contributed by atoms with Gasteiger partial charge in [0.25, 0.3) is 5.91 Å². The van der Waals surface area contributed by atoms with Gasteiger partial charge < -0.3 is 15.0 Å². The number of hydrogen-bond acceptors (Lipinski definition) is 8. The van der Waals surface area contributed by atoms with Crippen LogP contribution in [0.2, 0.25) is 0 Å². The van der Waals surface area contributed by atoms with Crippen molar-refractivity contribution in [3.8, 4) is 0 Å². The first-order valence-electron chi connectivity index (χ1n) is 10.4. The molecule has 0 spiro atoms. The highest BCUT2D eigenvalue weighted by Crippen LogP contribution is 2.35. The van der Waals surface area contributed by atoms with Crippen LogP contribution in [-0.2, 0) is 20.9 Å². The predicted octanol–water partition coefficient (Wildman–Crippen LogP) is 3.83. The summed E-state index contributed by atoms with van der Waals surface area (Å²) in [5, 5.41) is 5.89. The standard InChI is InChI=1S/C22H26N4O3S2/c1-13-15(3)31-21-18(13)19(24-12-25-21)26-8-6-16(7-9-26)22(28)29-14(2)20(27)23-11-17-5-4-10-30-17/h4-5,10,12,14,16H,6-9,11H2,1-3H3,(H,23,27). The zero-order valence-corrected chi connectivity index (χ0v) is 19.5. The zero-order chi connectivity index (χ0) is 22.0. The Kier molecular flexibility index (Phi) is 6.52. The first-order chi connectivity index (χ1) is 14.9. The summed E-state index contributed by atoms with van der Waals surface area (Å²) < 4.78 is 5.47. The van der Waals surface area contributed by atoms with Gasteiger partial charge in [-0.25, -0.2) is 9.97 Å². The number of fused-ring (bicyclic) bond motifs is 1. The summed E-state index contributed by atoms with van der Waals surface area (Å²) >= 11 is 3.26. The van der Waals surface area contributed by atoms with Crippen molar-refractivity contribution in [3.63, 3.8) is 0 Å². The van der Waals surface area contributed by atoms with E-state index in [-0.39, 0.29) is 17.8 Å². The van der Waals surface area contributed by atoms with Crippen LogP contribution in [0, 0.1) is 19.8 Å².